The van der Waals surface area contributed by atoms with Crippen LogP contribution in [-0.2, 0) is 17.2 Å². The monoisotopic (exact) mass is 387 g/mol. The number of aromatic nitrogens is 5. The van der Waals surface area contributed by atoms with Gasteiger partial charge in [-0.25, -0.2) is 14.5 Å². The van der Waals surface area contributed by atoms with Crippen LogP contribution in [0.4, 0.5) is 0 Å². The maximum absolute atomic E-state index is 12.1. The summed E-state index contributed by atoms with van der Waals surface area (Å²) in [5.74, 6) is 0.586. The molecule has 0 aromatic carbocycles. The number of rotatable bonds is 5. The third-order valence-electron chi connectivity index (χ3n) is 4.36. The van der Waals surface area contributed by atoms with Crippen molar-refractivity contribution < 1.29 is 9.53 Å². The van der Waals surface area contributed by atoms with E-state index in [1.807, 2.05) is 31.4 Å². The van der Waals surface area contributed by atoms with Gasteiger partial charge >= 0.3 is 5.97 Å². The number of imidazole rings is 1. The lowest BCUT2D eigenvalue weighted by Crippen LogP contribution is -2.24. The Balaban J connectivity index is 1.56. The summed E-state index contributed by atoms with van der Waals surface area (Å²) in [5, 5.41) is 7.93. The number of hydrogen-bond acceptors (Lipinski definition) is 5. The van der Waals surface area contributed by atoms with Crippen LogP contribution < -0.4 is 0 Å². The molecule has 1 aliphatic rings. The van der Waals surface area contributed by atoms with Crippen LogP contribution in [0.25, 0.3) is 5.65 Å². The molecule has 8 heteroatoms. The van der Waals surface area contributed by atoms with Crippen molar-refractivity contribution in [1.82, 2.24) is 24.4 Å². The molecule has 0 atom stereocenters. The maximum atomic E-state index is 12.1. The minimum Gasteiger partial charge on any atom is -0.455 e. The Morgan fingerprint density at radius 1 is 1.30 bits per heavy atom. The van der Waals surface area contributed by atoms with Crippen LogP contribution in [0.3, 0.4) is 0 Å². The lowest BCUT2D eigenvalue weighted by Gasteiger charge is -2.18. The van der Waals surface area contributed by atoms with Crippen LogP contribution in [0.2, 0.25) is 0 Å². The normalized spacial score (nSPS) is 14.7. The van der Waals surface area contributed by atoms with Gasteiger partial charge < -0.3 is 9.14 Å². The van der Waals surface area contributed by atoms with Gasteiger partial charge in [0.25, 0.3) is 0 Å². The molecule has 1 saturated carbocycles. The fourth-order valence-electron chi connectivity index (χ4n) is 3.02. The number of alkyl halides is 1. The summed E-state index contributed by atoms with van der Waals surface area (Å²) in [6, 6.07) is 2.16. The number of hydrogen-bond donors (Lipinski definition) is 0. The van der Waals surface area contributed by atoms with Crippen LogP contribution in [0.15, 0.2) is 24.7 Å². The van der Waals surface area contributed by atoms with Gasteiger partial charge in [0, 0.05) is 18.0 Å². The molecule has 0 saturated heterocycles. The first-order valence-corrected chi connectivity index (χ1v) is 9.56. The number of carbonyl (C=O) groups is 1. The molecule has 27 heavy (non-hydrogen) atoms. The van der Waals surface area contributed by atoms with E-state index in [0.29, 0.717) is 18.3 Å². The number of carbonyl (C=O) groups excluding carboxylic acids is 1. The quantitative estimate of drug-likeness (QED) is 0.494. The van der Waals surface area contributed by atoms with Gasteiger partial charge in [-0.15, -0.1) is 16.7 Å². The van der Waals surface area contributed by atoms with E-state index in [0.717, 1.165) is 16.9 Å². The molecule has 1 fully saturated rings. The maximum Gasteiger partial charge on any atom is 0.361 e. The predicted molar refractivity (Wildman–Crippen MR) is 101 cm³/mol. The lowest BCUT2D eigenvalue weighted by molar-refractivity contribution is 0.00627. The highest BCUT2D eigenvalue weighted by molar-refractivity contribution is 6.17. The van der Waals surface area contributed by atoms with Crippen molar-refractivity contribution in [2.24, 2.45) is 0 Å². The van der Waals surface area contributed by atoms with Crippen molar-refractivity contribution in [2.45, 2.75) is 57.6 Å². The summed E-state index contributed by atoms with van der Waals surface area (Å²) >= 11 is 6.13. The fourth-order valence-corrected chi connectivity index (χ4v) is 3.22. The molecule has 0 amide bonds. The van der Waals surface area contributed by atoms with Crippen LogP contribution in [0.1, 0.15) is 66.8 Å². The average Bonchev–Trinajstić information content (AvgIpc) is 3.20. The zero-order chi connectivity index (χ0) is 19.2. The van der Waals surface area contributed by atoms with Crippen LogP contribution in [0.5, 0.6) is 0 Å². The van der Waals surface area contributed by atoms with Crippen molar-refractivity contribution in [2.75, 3.05) is 0 Å². The highest BCUT2D eigenvalue weighted by Crippen LogP contribution is 2.40. The zero-order valence-electron chi connectivity index (χ0n) is 15.6. The summed E-state index contributed by atoms with van der Waals surface area (Å²) in [4.78, 5) is 16.8. The average molecular weight is 388 g/mol. The van der Waals surface area contributed by atoms with Crippen molar-refractivity contribution in [3.05, 3.63) is 47.2 Å². The number of esters is 1. The topological polar surface area (TPSA) is 74.3 Å². The Hall–Kier alpha value is -2.41. The van der Waals surface area contributed by atoms with Crippen molar-refractivity contribution in [1.29, 1.82) is 0 Å². The molecule has 7 nitrogen and oxygen atoms in total. The molecule has 0 unspecified atom stereocenters. The Bertz CT molecular complexity index is 997. The van der Waals surface area contributed by atoms with Crippen LogP contribution >= 0.6 is 11.6 Å². The molecule has 4 rings (SSSR count). The first kappa shape index (κ1) is 18.0. The molecule has 0 bridgehead atoms. The molecule has 3 heterocycles. The van der Waals surface area contributed by atoms with E-state index < -0.39 is 11.6 Å². The molecular weight excluding hydrogens is 366 g/mol. The third-order valence-corrected chi connectivity index (χ3v) is 4.65. The summed E-state index contributed by atoms with van der Waals surface area (Å²) in [6.07, 6.45) is 8.16. The zero-order valence-corrected chi connectivity index (χ0v) is 16.4. The van der Waals surface area contributed by atoms with Gasteiger partial charge in [0.15, 0.2) is 5.69 Å². The smallest absolute Gasteiger partial charge is 0.361 e. The van der Waals surface area contributed by atoms with Gasteiger partial charge in [-0.3, -0.25) is 0 Å². The highest BCUT2D eigenvalue weighted by atomic mass is 35.5. The van der Waals surface area contributed by atoms with Gasteiger partial charge in [0.05, 0.1) is 24.3 Å². The fraction of sp³-hybridized carbons (Fsp3) is 0.474. The first-order valence-electron chi connectivity index (χ1n) is 9.02. The van der Waals surface area contributed by atoms with Crippen molar-refractivity contribution in [3.63, 3.8) is 0 Å². The largest absolute Gasteiger partial charge is 0.455 e. The van der Waals surface area contributed by atoms with Gasteiger partial charge in [-0.2, -0.15) is 0 Å². The van der Waals surface area contributed by atoms with Gasteiger partial charge in [-0.05, 0) is 51.2 Å². The summed E-state index contributed by atoms with van der Waals surface area (Å²) < 4.78 is 8.94. The third kappa shape index (κ3) is 3.98. The molecule has 0 aliphatic heterocycles. The number of nitrogens with zero attached hydrogens (tertiary/aromatic N) is 5. The minimum absolute atomic E-state index is 0.186. The van der Waals surface area contributed by atoms with Crippen molar-refractivity contribution in [3.8, 4) is 0 Å². The van der Waals surface area contributed by atoms with E-state index in [2.05, 4.69) is 27.6 Å². The summed E-state index contributed by atoms with van der Waals surface area (Å²) in [7, 11) is 0. The summed E-state index contributed by atoms with van der Waals surface area (Å²) in [5.41, 5.74) is 3.65. The number of halogens is 1. The Labute approximate surface area is 162 Å². The molecule has 3 aromatic rings. The van der Waals surface area contributed by atoms with Crippen LogP contribution in [0, 0.1) is 0 Å². The molecule has 0 radical (unpaired) electrons. The minimum atomic E-state index is -0.570. The van der Waals surface area contributed by atoms with Gasteiger partial charge in [0.1, 0.15) is 11.2 Å². The van der Waals surface area contributed by atoms with E-state index in [9.17, 15) is 4.79 Å². The van der Waals surface area contributed by atoms with E-state index in [-0.39, 0.29) is 5.69 Å². The van der Waals surface area contributed by atoms with E-state index >= 15 is 0 Å². The van der Waals surface area contributed by atoms with Crippen LogP contribution in [-0.4, -0.2) is 35.9 Å². The van der Waals surface area contributed by atoms with E-state index in [1.54, 1.807) is 10.9 Å². The van der Waals surface area contributed by atoms with Gasteiger partial charge in [-0.1, -0.05) is 5.21 Å². The second kappa shape index (κ2) is 6.64. The van der Waals surface area contributed by atoms with E-state index in [4.69, 9.17) is 16.3 Å². The molecule has 3 aromatic heterocycles. The molecule has 0 spiro atoms. The number of pyridine rings is 1. The molecule has 1 aliphatic carbocycles. The molecular formula is C19H22ClN5O2. The molecule has 0 N–H and O–H groups in total. The molecule has 142 valence electrons. The summed E-state index contributed by atoms with van der Waals surface area (Å²) in [6.45, 7) is 5.86. The Kier molecular flexibility index (Phi) is 4.42. The van der Waals surface area contributed by atoms with Gasteiger partial charge in [0.2, 0.25) is 0 Å². The first-order chi connectivity index (χ1) is 12.8. The van der Waals surface area contributed by atoms with Crippen molar-refractivity contribution >= 4 is 23.2 Å². The Morgan fingerprint density at radius 2 is 2.07 bits per heavy atom. The second-order valence-corrected chi connectivity index (χ2v) is 8.24. The number of fused-ring (bicyclic) bond motifs is 1. The number of ether oxygens (including phenoxy) is 1. The Morgan fingerprint density at radius 3 is 2.74 bits per heavy atom. The lowest BCUT2D eigenvalue weighted by atomic mass is 10.1. The SMILES string of the molecule is CC(C)(C)OC(=O)c1cn(Cc2cn3cc(C4CC4)cc(CCl)c3n2)nn1. The predicted octanol–water partition coefficient (Wildman–Crippen LogP) is 3.55. The highest BCUT2D eigenvalue weighted by Gasteiger charge is 2.25. The van der Waals surface area contributed by atoms with E-state index in [1.165, 1.54) is 18.4 Å². The second-order valence-electron chi connectivity index (χ2n) is 7.97. The standard InChI is InChI=1S/C19H22ClN5O2/c1-19(2,3)27-18(26)16-11-25(23-22-16)10-15-9-24-8-14(12-4-5-12)6-13(7-20)17(24)21-15/h6,8-9,11-12H,4-5,7,10H2,1-3H3.